The number of phenols is 1. The number of hydrogen-bond donors (Lipinski definition) is 1. The number of anilines is 1. The molecule has 1 N–H and O–H groups in total. The average Bonchev–Trinajstić information content (AvgIpc) is 2.96. The number of hydrogen-bond acceptors (Lipinski definition) is 4. The smallest absolute Gasteiger partial charge is 0.222 e. The summed E-state index contributed by atoms with van der Waals surface area (Å²) in [5.41, 5.74) is 2.05. The maximum absolute atomic E-state index is 12.6. The minimum Gasteiger partial charge on any atom is -0.508 e. The van der Waals surface area contributed by atoms with Crippen molar-refractivity contribution in [2.24, 2.45) is 0 Å². The van der Waals surface area contributed by atoms with E-state index in [0.717, 1.165) is 50.3 Å². The van der Waals surface area contributed by atoms with E-state index in [1.165, 1.54) is 5.69 Å². The predicted molar refractivity (Wildman–Crippen MR) is 107 cm³/mol. The topological polar surface area (TPSA) is 53.0 Å². The van der Waals surface area contributed by atoms with Crippen LogP contribution in [-0.2, 0) is 11.2 Å². The summed E-state index contributed by atoms with van der Waals surface area (Å²) in [6, 6.07) is 15.6. The van der Waals surface area contributed by atoms with Gasteiger partial charge in [0.1, 0.15) is 11.5 Å². The highest BCUT2D eigenvalue weighted by molar-refractivity contribution is 5.76. The molecule has 1 aliphatic rings. The van der Waals surface area contributed by atoms with Gasteiger partial charge in [0.05, 0.1) is 7.11 Å². The summed E-state index contributed by atoms with van der Waals surface area (Å²) in [7, 11) is 1.61. The molecule has 1 aliphatic heterocycles. The third-order valence-electron chi connectivity index (χ3n) is 5.09. The van der Waals surface area contributed by atoms with Crippen molar-refractivity contribution in [3.05, 3.63) is 54.1 Å². The summed E-state index contributed by atoms with van der Waals surface area (Å²) in [4.78, 5) is 16.9. The maximum atomic E-state index is 12.6. The molecule has 0 atom stereocenters. The van der Waals surface area contributed by atoms with E-state index < -0.39 is 0 Å². The largest absolute Gasteiger partial charge is 0.508 e. The van der Waals surface area contributed by atoms with Crippen LogP contribution in [0.5, 0.6) is 11.5 Å². The Balaban J connectivity index is 1.48. The van der Waals surface area contributed by atoms with Gasteiger partial charge in [-0.15, -0.1) is 0 Å². The molecule has 27 heavy (non-hydrogen) atoms. The SMILES string of the molecule is COc1ccc(O)c(CCCC(=O)N2CCCN(c3ccccc3)CC2)c1. The number of carbonyl (C=O) groups is 1. The van der Waals surface area contributed by atoms with Gasteiger partial charge in [0.15, 0.2) is 0 Å². The molecule has 144 valence electrons. The molecule has 2 aromatic rings. The Morgan fingerprint density at radius 1 is 1.07 bits per heavy atom. The van der Waals surface area contributed by atoms with E-state index in [9.17, 15) is 9.90 Å². The minimum atomic E-state index is 0.201. The van der Waals surface area contributed by atoms with E-state index in [0.29, 0.717) is 12.8 Å². The Labute approximate surface area is 161 Å². The molecule has 3 rings (SSSR count). The number of para-hydroxylation sites is 1. The molecule has 5 nitrogen and oxygen atoms in total. The van der Waals surface area contributed by atoms with E-state index in [4.69, 9.17) is 4.74 Å². The highest BCUT2D eigenvalue weighted by Gasteiger charge is 2.19. The van der Waals surface area contributed by atoms with Crippen molar-refractivity contribution in [2.75, 3.05) is 38.2 Å². The molecule has 0 aliphatic carbocycles. The molecule has 1 heterocycles. The van der Waals surface area contributed by atoms with Gasteiger partial charge >= 0.3 is 0 Å². The Morgan fingerprint density at radius 2 is 1.89 bits per heavy atom. The Hall–Kier alpha value is -2.69. The van der Waals surface area contributed by atoms with Crippen LogP contribution in [0.25, 0.3) is 0 Å². The van der Waals surface area contributed by atoms with Gasteiger partial charge in [-0.1, -0.05) is 18.2 Å². The lowest BCUT2D eigenvalue weighted by atomic mass is 10.1. The molecule has 1 amide bonds. The van der Waals surface area contributed by atoms with Crippen LogP contribution in [0.4, 0.5) is 5.69 Å². The zero-order valence-corrected chi connectivity index (χ0v) is 15.9. The summed E-state index contributed by atoms with van der Waals surface area (Å²) in [5.74, 6) is 1.19. The van der Waals surface area contributed by atoms with Gasteiger partial charge < -0.3 is 19.6 Å². The van der Waals surface area contributed by atoms with Crippen LogP contribution in [0.3, 0.4) is 0 Å². The second-order valence-electron chi connectivity index (χ2n) is 6.91. The highest BCUT2D eigenvalue weighted by atomic mass is 16.5. The lowest BCUT2D eigenvalue weighted by molar-refractivity contribution is -0.131. The summed E-state index contributed by atoms with van der Waals surface area (Å²) >= 11 is 0. The van der Waals surface area contributed by atoms with Crippen LogP contribution in [0, 0.1) is 0 Å². The quantitative estimate of drug-likeness (QED) is 0.848. The van der Waals surface area contributed by atoms with Gasteiger partial charge in [0.25, 0.3) is 0 Å². The van der Waals surface area contributed by atoms with Crippen LogP contribution >= 0.6 is 0 Å². The Bertz CT molecular complexity index is 748. The number of phenolic OH excluding ortho intramolecular Hbond substituents is 1. The third-order valence-corrected chi connectivity index (χ3v) is 5.09. The number of aromatic hydroxyl groups is 1. The first-order valence-electron chi connectivity index (χ1n) is 9.61. The van der Waals surface area contributed by atoms with Crippen molar-refractivity contribution < 1.29 is 14.6 Å². The molecule has 1 saturated heterocycles. The van der Waals surface area contributed by atoms with Crippen LogP contribution in [0.1, 0.15) is 24.8 Å². The van der Waals surface area contributed by atoms with Crippen molar-refractivity contribution in [2.45, 2.75) is 25.7 Å². The number of nitrogens with zero attached hydrogens (tertiary/aromatic N) is 2. The Morgan fingerprint density at radius 3 is 2.67 bits per heavy atom. The Kier molecular flexibility index (Phi) is 6.58. The summed E-state index contributed by atoms with van der Waals surface area (Å²) in [5, 5.41) is 9.96. The number of benzene rings is 2. The van der Waals surface area contributed by atoms with Crippen molar-refractivity contribution in [3.8, 4) is 11.5 Å². The maximum Gasteiger partial charge on any atom is 0.222 e. The van der Waals surface area contributed by atoms with Crippen LogP contribution in [0.15, 0.2) is 48.5 Å². The molecular weight excluding hydrogens is 340 g/mol. The first kappa shape index (κ1) is 19.1. The fourth-order valence-corrected chi connectivity index (χ4v) is 3.54. The van der Waals surface area contributed by atoms with E-state index in [2.05, 4.69) is 29.2 Å². The van der Waals surface area contributed by atoms with Crippen LogP contribution in [-0.4, -0.2) is 49.2 Å². The monoisotopic (exact) mass is 368 g/mol. The van der Waals surface area contributed by atoms with E-state index in [1.54, 1.807) is 19.2 Å². The number of carbonyl (C=O) groups excluding carboxylic acids is 1. The number of methoxy groups -OCH3 is 1. The zero-order chi connectivity index (χ0) is 19.1. The van der Waals surface area contributed by atoms with Gasteiger partial charge in [0.2, 0.25) is 5.91 Å². The molecule has 5 heteroatoms. The van der Waals surface area contributed by atoms with E-state index in [1.807, 2.05) is 17.0 Å². The third kappa shape index (κ3) is 5.16. The van der Waals surface area contributed by atoms with Crippen molar-refractivity contribution in [1.82, 2.24) is 4.90 Å². The lowest BCUT2D eigenvalue weighted by Gasteiger charge is -2.23. The standard InChI is InChI=1S/C22H28N2O3/c1-27-20-11-12-21(25)18(17-20)7-5-10-22(26)24-14-6-13-23(15-16-24)19-8-3-2-4-9-19/h2-4,8-9,11-12,17,25H,5-7,10,13-16H2,1H3. The molecule has 2 aromatic carbocycles. The molecule has 0 bridgehead atoms. The predicted octanol–water partition coefficient (Wildman–Crippen LogP) is 3.46. The molecule has 0 unspecified atom stereocenters. The number of aryl methyl sites for hydroxylation is 1. The van der Waals surface area contributed by atoms with Crippen LogP contribution in [0.2, 0.25) is 0 Å². The van der Waals surface area contributed by atoms with E-state index >= 15 is 0 Å². The summed E-state index contributed by atoms with van der Waals surface area (Å²) in [6.07, 6.45) is 2.87. The molecule has 0 radical (unpaired) electrons. The minimum absolute atomic E-state index is 0.201. The number of amides is 1. The second-order valence-corrected chi connectivity index (χ2v) is 6.91. The van der Waals surface area contributed by atoms with Crippen molar-refractivity contribution in [1.29, 1.82) is 0 Å². The van der Waals surface area contributed by atoms with Crippen molar-refractivity contribution in [3.63, 3.8) is 0 Å². The lowest BCUT2D eigenvalue weighted by Crippen LogP contribution is -2.35. The average molecular weight is 368 g/mol. The van der Waals surface area contributed by atoms with Crippen molar-refractivity contribution >= 4 is 11.6 Å². The van der Waals surface area contributed by atoms with Gasteiger partial charge in [-0.05, 0) is 55.2 Å². The molecule has 0 aromatic heterocycles. The number of rotatable bonds is 6. The van der Waals surface area contributed by atoms with Gasteiger partial charge in [0, 0.05) is 38.3 Å². The first-order valence-corrected chi connectivity index (χ1v) is 9.61. The number of ether oxygens (including phenoxy) is 1. The normalized spacial score (nSPS) is 14.7. The van der Waals surface area contributed by atoms with Gasteiger partial charge in [-0.2, -0.15) is 0 Å². The second kappa shape index (κ2) is 9.31. The molecular formula is C22H28N2O3. The van der Waals surface area contributed by atoms with E-state index in [-0.39, 0.29) is 11.7 Å². The summed E-state index contributed by atoms with van der Waals surface area (Å²) < 4.78 is 5.20. The van der Waals surface area contributed by atoms with Crippen LogP contribution < -0.4 is 9.64 Å². The fraction of sp³-hybridized carbons (Fsp3) is 0.409. The van der Waals surface area contributed by atoms with Gasteiger partial charge in [-0.25, -0.2) is 0 Å². The summed E-state index contributed by atoms with van der Waals surface area (Å²) in [6.45, 7) is 3.42. The fourth-order valence-electron chi connectivity index (χ4n) is 3.54. The molecule has 0 saturated carbocycles. The molecule has 0 spiro atoms. The first-order chi connectivity index (χ1) is 13.2. The molecule has 1 fully saturated rings. The zero-order valence-electron chi connectivity index (χ0n) is 15.9. The van der Waals surface area contributed by atoms with Gasteiger partial charge in [-0.3, -0.25) is 4.79 Å². The highest BCUT2D eigenvalue weighted by Crippen LogP contribution is 2.24.